The van der Waals surface area contributed by atoms with Gasteiger partial charge in [0.25, 0.3) is 0 Å². The van der Waals surface area contributed by atoms with Gasteiger partial charge >= 0.3 is 0 Å². The van der Waals surface area contributed by atoms with Crippen LogP contribution < -0.4 is 0 Å². The lowest BCUT2D eigenvalue weighted by molar-refractivity contribution is -0.0178. The first kappa shape index (κ1) is 17.9. The Morgan fingerprint density at radius 1 is 1.00 bits per heavy atom. The molecule has 2 saturated carbocycles. The van der Waals surface area contributed by atoms with Crippen LogP contribution in [0.4, 0.5) is 4.39 Å². The third kappa shape index (κ3) is 2.36. The average Bonchev–Trinajstić information content (AvgIpc) is 3.29. The van der Waals surface area contributed by atoms with Gasteiger partial charge in [-0.15, -0.1) is 0 Å². The zero-order valence-electron chi connectivity index (χ0n) is 17.6. The molecule has 3 heteroatoms. The Morgan fingerprint density at radius 2 is 1.83 bits per heavy atom. The van der Waals surface area contributed by atoms with Gasteiger partial charge in [0.15, 0.2) is 0 Å². The van der Waals surface area contributed by atoms with Crippen LogP contribution in [0.1, 0.15) is 58.8 Å². The lowest BCUT2D eigenvalue weighted by atomic mass is 9.48. The number of halogens is 1. The molecule has 4 aliphatic carbocycles. The largest absolute Gasteiger partial charge is 0.302 e. The Hall–Kier alpha value is -1.90. The summed E-state index contributed by atoms with van der Waals surface area (Å²) in [6.07, 6.45) is 13.7. The number of alkyl halides is 1. The molecule has 0 bridgehead atoms. The Kier molecular flexibility index (Phi) is 3.74. The first-order chi connectivity index (χ1) is 14.0. The van der Waals surface area contributed by atoms with Crippen LogP contribution in [0.5, 0.6) is 0 Å². The van der Waals surface area contributed by atoms with Crippen molar-refractivity contribution in [3.05, 3.63) is 48.3 Å². The molecule has 2 fully saturated rings. The van der Waals surface area contributed by atoms with Crippen LogP contribution in [0.2, 0.25) is 0 Å². The summed E-state index contributed by atoms with van der Waals surface area (Å²) in [5, 5.41) is 0. The minimum atomic E-state index is -0.617. The van der Waals surface area contributed by atoms with Crippen molar-refractivity contribution in [3.63, 3.8) is 0 Å². The van der Waals surface area contributed by atoms with Gasteiger partial charge in [-0.2, -0.15) is 0 Å². The molecule has 0 saturated heterocycles. The van der Waals surface area contributed by atoms with Gasteiger partial charge in [-0.1, -0.05) is 43.7 Å². The van der Waals surface area contributed by atoms with Gasteiger partial charge in [0, 0.05) is 17.5 Å². The number of rotatable bonds is 1. The first-order valence-electron chi connectivity index (χ1n) is 11.5. The van der Waals surface area contributed by atoms with E-state index in [-0.39, 0.29) is 10.8 Å². The smallest absolute Gasteiger partial charge is 0.104 e. The van der Waals surface area contributed by atoms with Crippen LogP contribution in [0.15, 0.2) is 48.3 Å². The monoisotopic (exact) mass is 390 g/mol. The molecule has 29 heavy (non-hydrogen) atoms. The van der Waals surface area contributed by atoms with Crippen LogP contribution in [-0.4, -0.2) is 15.7 Å². The van der Waals surface area contributed by atoms with E-state index in [9.17, 15) is 4.39 Å². The predicted octanol–water partition coefficient (Wildman–Crippen LogP) is 6.79. The van der Waals surface area contributed by atoms with E-state index < -0.39 is 6.17 Å². The molecule has 6 atom stereocenters. The molecule has 1 heterocycles. The van der Waals surface area contributed by atoms with Crippen molar-refractivity contribution in [2.24, 2.45) is 28.6 Å². The van der Waals surface area contributed by atoms with Gasteiger partial charge in [0.1, 0.15) is 12.5 Å². The van der Waals surface area contributed by atoms with Crippen molar-refractivity contribution in [1.82, 2.24) is 9.55 Å². The average molecular weight is 391 g/mol. The van der Waals surface area contributed by atoms with Gasteiger partial charge in [-0.25, -0.2) is 9.37 Å². The van der Waals surface area contributed by atoms with Crippen molar-refractivity contribution in [1.29, 1.82) is 0 Å². The minimum Gasteiger partial charge on any atom is -0.302 e. The topological polar surface area (TPSA) is 17.8 Å². The van der Waals surface area contributed by atoms with Gasteiger partial charge in [0.2, 0.25) is 0 Å². The maximum absolute atomic E-state index is 14.1. The van der Waals surface area contributed by atoms with E-state index in [2.05, 4.69) is 59.8 Å². The molecule has 0 N–H and O–H groups in total. The predicted molar refractivity (Wildman–Crippen MR) is 116 cm³/mol. The number of aromatic nitrogens is 2. The summed E-state index contributed by atoms with van der Waals surface area (Å²) in [5.74, 6) is 2.14. The van der Waals surface area contributed by atoms with E-state index in [0.29, 0.717) is 12.3 Å². The summed E-state index contributed by atoms with van der Waals surface area (Å²) in [4.78, 5) is 4.66. The van der Waals surface area contributed by atoms with Crippen molar-refractivity contribution in [3.8, 4) is 0 Å². The van der Waals surface area contributed by atoms with Gasteiger partial charge < -0.3 is 4.57 Å². The number of benzene rings is 1. The fraction of sp³-hybridized carbons (Fsp3) is 0.577. The fourth-order valence-electron chi connectivity index (χ4n) is 7.69. The molecule has 152 valence electrons. The van der Waals surface area contributed by atoms with E-state index >= 15 is 0 Å². The summed E-state index contributed by atoms with van der Waals surface area (Å²) < 4.78 is 16.5. The van der Waals surface area contributed by atoms with E-state index in [1.54, 1.807) is 0 Å². The van der Waals surface area contributed by atoms with E-state index in [4.69, 9.17) is 0 Å². The Labute approximate surface area is 172 Å². The Bertz CT molecular complexity index is 1030. The second kappa shape index (κ2) is 6.06. The van der Waals surface area contributed by atoms with Gasteiger partial charge in [-0.05, 0) is 73.8 Å². The van der Waals surface area contributed by atoms with E-state index in [1.165, 1.54) is 36.0 Å². The first-order valence-corrected chi connectivity index (χ1v) is 11.5. The zero-order valence-corrected chi connectivity index (χ0v) is 17.6. The van der Waals surface area contributed by atoms with Gasteiger partial charge in [-0.3, -0.25) is 0 Å². The second-order valence-electron chi connectivity index (χ2n) is 10.5. The maximum atomic E-state index is 14.1. The van der Waals surface area contributed by atoms with Crippen LogP contribution in [0, 0.1) is 28.6 Å². The summed E-state index contributed by atoms with van der Waals surface area (Å²) in [6.45, 7) is 4.96. The molecular weight excluding hydrogens is 359 g/mol. The van der Waals surface area contributed by atoms with Crippen LogP contribution in [0.25, 0.3) is 16.7 Å². The number of nitrogens with zero attached hydrogens (tertiary/aromatic N) is 2. The maximum Gasteiger partial charge on any atom is 0.104 e. The van der Waals surface area contributed by atoms with Crippen molar-refractivity contribution in [2.45, 2.75) is 65.0 Å². The van der Waals surface area contributed by atoms with Crippen molar-refractivity contribution in [2.75, 3.05) is 0 Å². The highest BCUT2D eigenvalue weighted by atomic mass is 19.1. The van der Waals surface area contributed by atoms with Crippen LogP contribution in [-0.2, 0) is 0 Å². The number of para-hydroxylation sites is 2. The lowest BCUT2D eigenvalue weighted by Gasteiger charge is -2.57. The van der Waals surface area contributed by atoms with Crippen LogP contribution in [0.3, 0.4) is 0 Å². The van der Waals surface area contributed by atoms with Gasteiger partial charge in [0.05, 0.1) is 11.0 Å². The molecule has 2 aromatic rings. The molecule has 2 nitrogen and oxygen atoms in total. The third-order valence-electron chi connectivity index (χ3n) is 9.30. The number of hydrogen-bond acceptors (Lipinski definition) is 1. The van der Waals surface area contributed by atoms with Crippen molar-refractivity contribution >= 4 is 16.7 Å². The van der Waals surface area contributed by atoms with E-state index in [1.807, 2.05) is 6.33 Å². The highest BCUT2D eigenvalue weighted by molar-refractivity contribution is 5.80. The van der Waals surface area contributed by atoms with Crippen molar-refractivity contribution < 1.29 is 4.39 Å². The molecule has 0 amide bonds. The molecule has 4 aliphatic rings. The number of imidazole rings is 1. The number of hydrogen-bond donors (Lipinski definition) is 0. The standard InChI is InChI=1S/C26H31FN2/c1-25-13-11-18(27)15-17(25)7-8-19-20-9-10-24(26(20,2)14-12-21(19)25)29-16-28-22-5-3-4-6-23(22)29/h3-7,10,16,18-21H,8-9,11-15H2,1-2H3/t18-,19?,20?,21?,25-,26-/m0/s1. The summed E-state index contributed by atoms with van der Waals surface area (Å²) in [5.41, 5.74) is 5.65. The quantitative estimate of drug-likeness (QED) is 0.490. The summed E-state index contributed by atoms with van der Waals surface area (Å²) in [7, 11) is 0. The minimum absolute atomic E-state index is 0.212. The Balaban J connectivity index is 1.36. The highest BCUT2D eigenvalue weighted by Gasteiger charge is 2.57. The van der Waals surface area contributed by atoms with E-state index in [0.717, 1.165) is 36.6 Å². The normalized spacial score (nSPS) is 41.3. The molecular formula is C26H31FN2. The molecule has 1 aromatic carbocycles. The summed E-state index contributed by atoms with van der Waals surface area (Å²) in [6, 6.07) is 8.48. The molecule has 6 rings (SSSR count). The second-order valence-corrected chi connectivity index (χ2v) is 10.5. The fourth-order valence-corrected chi connectivity index (χ4v) is 7.69. The third-order valence-corrected chi connectivity index (χ3v) is 9.30. The lowest BCUT2D eigenvalue weighted by Crippen LogP contribution is -2.49. The summed E-state index contributed by atoms with van der Waals surface area (Å²) >= 11 is 0. The molecule has 0 aliphatic heterocycles. The number of allylic oxidation sites excluding steroid dienone is 4. The molecule has 1 aromatic heterocycles. The molecule has 3 unspecified atom stereocenters. The SMILES string of the molecule is C[C@]12CC[C@H](F)CC1=CCC1C2CC[C@]2(C)C(n3cnc4ccccc43)=CCC12. The Morgan fingerprint density at radius 3 is 2.72 bits per heavy atom. The number of fused-ring (bicyclic) bond motifs is 6. The molecule has 0 spiro atoms. The molecule has 0 radical (unpaired) electrons. The van der Waals surface area contributed by atoms with Crippen LogP contribution >= 0.6 is 0 Å². The highest BCUT2D eigenvalue weighted by Crippen LogP contribution is 2.65. The zero-order chi connectivity index (χ0) is 19.8.